The normalized spacial score (nSPS) is 26.4. The minimum absolute atomic E-state index is 0.171. The van der Waals surface area contributed by atoms with Gasteiger partial charge in [0.25, 0.3) is 0 Å². The third-order valence-electron chi connectivity index (χ3n) is 8.18. The molecule has 1 N–H and O–H groups in total. The van der Waals surface area contributed by atoms with Crippen molar-refractivity contribution < 1.29 is 13.9 Å². The lowest BCUT2D eigenvalue weighted by Crippen LogP contribution is -2.42. The van der Waals surface area contributed by atoms with Gasteiger partial charge in [-0.1, -0.05) is 18.2 Å². The second-order valence-corrected chi connectivity index (χ2v) is 10.2. The van der Waals surface area contributed by atoms with Crippen molar-refractivity contribution in [3.63, 3.8) is 0 Å². The zero-order valence-corrected chi connectivity index (χ0v) is 19.3. The summed E-state index contributed by atoms with van der Waals surface area (Å²) in [5.41, 5.74) is 2.42. The van der Waals surface area contributed by atoms with Gasteiger partial charge in [-0.25, -0.2) is 0 Å². The van der Waals surface area contributed by atoms with E-state index in [2.05, 4.69) is 28.4 Å². The lowest BCUT2D eigenvalue weighted by atomic mass is 9.83. The monoisotopic (exact) mass is 438 g/mol. The standard InChI is InChI=1S/C27H38N2O3/c30-27(22-12-17-31-18-13-22)28-23-7-5-20(6-8-23)9-14-29-15-10-21(11-16-29)25-19-32-26-4-2-1-3-24(25)26/h1-4,19-23H,5-18H2,(H,28,30)/t20-,23-. The maximum Gasteiger partial charge on any atom is 0.223 e. The number of ether oxygens (including phenoxy) is 1. The first-order chi connectivity index (χ1) is 15.8. The Morgan fingerprint density at radius 2 is 1.72 bits per heavy atom. The second kappa shape index (κ2) is 10.4. The number of hydrogen-bond donors (Lipinski definition) is 1. The lowest BCUT2D eigenvalue weighted by Gasteiger charge is -2.34. The summed E-state index contributed by atoms with van der Waals surface area (Å²) in [4.78, 5) is 15.1. The van der Waals surface area contributed by atoms with E-state index in [9.17, 15) is 4.79 Å². The van der Waals surface area contributed by atoms with Crippen LogP contribution in [0.2, 0.25) is 0 Å². The third kappa shape index (κ3) is 5.20. The maximum absolute atomic E-state index is 12.5. The number of piperidine rings is 1. The second-order valence-electron chi connectivity index (χ2n) is 10.2. The fraction of sp³-hybridized carbons (Fsp3) is 0.667. The van der Waals surface area contributed by atoms with E-state index in [1.807, 2.05) is 12.3 Å². The van der Waals surface area contributed by atoms with Gasteiger partial charge in [-0.05, 0) is 95.3 Å². The van der Waals surface area contributed by atoms with Crippen LogP contribution in [0.3, 0.4) is 0 Å². The average molecular weight is 439 g/mol. The molecule has 2 saturated heterocycles. The van der Waals surface area contributed by atoms with Crippen LogP contribution in [0.25, 0.3) is 11.0 Å². The van der Waals surface area contributed by atoms with Crippen LogP contribution in [-0.4, -0.2) is 49.7 Å². The number of fused-ring (bicyclic) bond motifs is 1. The summed E-state index contributed by atoms with van der Waals surface area (Å²) in [7, 11) is 0. The molecule has 2 aromatic rings. The summed E-state index contributed by atoms with van der Waals surface area (Å²) < 4.78 is 11.2. The van der Waals surface area contributed by atoms with Crippen LogP contribution in [0.5, 0.6) is 0 Å². The number of carbonyl (C=O) groups is 1. The van der Waals surface area contributed by atoms with E-state index in [1.165, 1.54) is 62.7 Å². The van der Waals surface area contributed by atoms with Gasteiger partial charge >= 0.3 is 0 Å². The molecule has 32 heavy (non-hydrogen) atoms. The fourth-order valence-electron chi connectivity index (χ4n) is 6.02. The highest BCUT2D eigenvalue weighted by atomic mass is 16.5. The van der Waals surface area contributed by atoms with Gasteiger partial charge in [-0.15, -0.1) is 0 Å². The van der Waals surface area contributed by atoms with Gasteiger partial charge < -0.3 is 19.4 Å². The Hall–Kier alpha value is -1.85. The summed E-state index contributed by atoms with van der Waals surface area (Å²) in [5, 5.41) is 4.63. The third-order valence-corrected chi connectivity index (χ3v) is 8.18. The van der Waals surface area contributed by atoms with E-state index < -0.39 is 0 Å². The predicted octanol–water partition coefficient (Wildman–Crippen LogP) is 5.10. The Morgan fingerprint density at radius 1 is 0.969 bits per heavy atom. The molecule has 5 rings (SSSR count). The lowest BCUT2D eigenvalue weighted by molar-refractivity contribution is -0.128. The van der Waals surface area contributed by atoms with Gasteiger partial charge in [0.1, 0.15) is 5.58 Å². The molecule has 174 valence electrons. The number of amides is 1. The first-order valence-corrected chi connectivity index (χ1v) is 12.8. The summed E-state index contributed by atoms with van der Waals surface area (Å²) >= 11 is 0. The molecule has 3 heterocycles. The highest BCUT2D eigenvalue weighted by Gasteiger charge is 2.28. The molecule has 2 aliphatic heterocycles. The van der Waals surface area contributed by atoms with Crippen LogP contribution in [0.4, 0.5) is 0 Å². The van der Waals surface area contributed by atoms with Gasteiger partial charge in [-0.3, -0.25) is 4.79 Å². The van der Waals surface area contributed by atoms with E-state index in [1.54, 1.807) is 0 Å². The van der Waals surface area contributed by atoms with Crippen LogP contribution in [0, 0.1) is 11.8 Å². The number of benzene rings is 1. The molecular formula is C27H38N2O3. The van der Waals surface area contributed by atoms with Crippen molar-refractivity contribution in [3.8, 4) is 0 Å². The van der Waals surface area contributed by atoms with E-state index in [-0.39, 0.29) is 11.8 Å². The van der Waals surface area contributed by atoms with Crippen molar-refractivity contribution in [3.05, 3.63) is 36.1 Å². The van der Waals surface area contributed by atoms with Crippen molar-refractivity contribution in [2.45, 2.75) is 69.7 Å². The van der Waals surface area contributed by atoms with Crippen LogP contribution in [-0.2, 0) is 9.53 Å². The van der Waals surface area contributed by atoms with Gasteiger partial charge in [0.05, 0.1) is 6.26 Å². The van der Waals surface area contributed by atoms with E-state index in [0.29, 0.717) is 12.0 Å². The summed E-state index contributed by atoms with van der Waals surface area (Å²) in [5.74, 6) is 1.89. The number of nitrogens with one attached hydrogen (secondary N) is 1. The molecule has 1 saturated carbocycles. The van der Waals surface area contributed by atoms with Crippen molar-refractivity contribution in [1.29, 1.82) is 0 Å². The molecule has 1 aromatic heterocycles. The molecule has 1 aromatic carbocycles. The number of hydrogen-bond acceptors (Lipinski definition) is 4. The zero-order valence-electron chi connectivity index (χ0n) is 19.3. The average Bonchev–Trinajstić information content (AvgIpc) is 3.29. The van der Waals surface area contributed by atoms with Crippen LogP contribution in [0.1, 0.15) is 69.3 Å². The molecule has 5 nitrogen and oxygen atoms in total. The molecule has 0 radical (unpaired) electrons. The molecule has 5 heteroatoms. The Labute approximate surface area is 191 Å². The van der Waals surface area contributed by atoms with Crippen LogP contribution < -0.4 is 5.32 Å². The number of carbonyl (C=O) groups excluding carboxylic acids is 1. The molecule has 0 spiro atoms. The largest absolute Gasteiger partial charge is 0.464 e. The van der Waals surface area contributed by atoms with Crippen LogP contribution >= 0.6 is 0 Å². The fourth-order valence-corrected chi connectivity index (χ4v) is 6.02. The Morgan fingerprint density at radius 3 is 2.50 bits per heavy atom. The maximum atomic E-state index is 12.5. The summed E-state index contributed by atoms with van der Waals surface area (Å²) in [6.45, 7) is 5.09. The van der Waals surface area contributed by atoms with Crippen molar-refractivity contribution in [2.24, 2.45) is 11.8 Å². The topological polar surface area (TPSA) is 54.7 Å². The molecule has 0 atom stereocenters. The van der Waals surface area contributed by atoms with Crippen LogP contribution in [0.15, 0.2) is 34.9 Å². The first-order valence-electron chi connectivity index (χ1n) is 12.8. The SMILES string of the molecule is O=C(N[C@H]1CC[C@H](CCN2CCC(c3coc4ccccc34)CC2)CC1)C1CCOCC1. The van der Waals surface area contributed by atoms with Gasteiger partial charge in [-0.2, -0.15) is 0 Å². The summed E-state index contributed by atoms with van der Waals surface area (Å²) in [6.07, 6.45) is 12.3. The molecule has 0 unspecified atom stereocenters. The summed E-state index contributed by atoms with van der Waals surface area (Å²) in [6, 6.07) is 8.82. The Bertz CT molecular complexity index is 872. The number of rotatable bonds is 6. The molecule has 3 fully saturated rings. The van der Waals surface area contributed by atoms with Crippen molar-refractivity contribution in [2.75, 3.05) is 32.8 Å². The molecule has 1 amide bonds. The highest BCUT2D eigenvalue weighted by molar-refractivity contribution is 5.81. The Kier molecular flexibility index (Phi) is 7.13. The number of likely N-dealkylation sites (tertiary alicyclic amines) is 1. The van der Waals surface area contributed by atoms with Gasteiger partial charge in [0.2, 0.25) is 5.91 Å². The molecule has 3 aliphatic rings. The van der Waals surface area contributed by atoms with Gasteiger partial charge in [0, 0.05) is 36.1 Å². The van der Waals surface area contributed by atoms with Crippen molar-refractivity contribution in [1.82, 2.24) is 10.2 Å². The first kappa shape index (κ1) is 22.0. The minimum atomic E-state index is 0.171. The van der Waals surface area contributed by atoms with E-state index in [4.69, 9.17) is 9.15 Å². The Balaban J connectivity index is 1.01. The van der Waals surface area contributed by atoms with Gasteiger partial charge in [0.15, 0.2) is 0 Å². The number of para-hydroxylation sites is 1. The minimum Gasteiger partial charge on any atom is -0.464 e. The number of furan rings is 1. The highest BCUT2D eigenvalue weighted by Crippen LogP contribution is 2.35. The smallest absolute Gasteiger partial charge is 0.223 e. The zero-order chi connectivity index (χ0) is 21.8. The number of nitrogens with zero attached hydrogens (tertiary/aromatic N) is 1. The predicted molar refractivity (Wildman–Crippen MR) is 127 cm³/mol. The van der Waals surface area contributed by atoms with Crippen molar-refractivity contribution >= 4 is 16.9 Å². The quantitative estimate of drug-likeness (QED) is 0.681. The molecule has 1 aliphatic carbocycles. The molecule has 0 bridgehead atoms. The van der Waals surface area contributed by atoms with E-state index >= 15 is 0 Å². The van der Waals surface area contributed by atoms with E-state index in [0.717, 1.165) is 50.4 Å². The molecular weight excluding hydrogens is 400 g/mol.